The predicted octanol–water partition coefficient (Wildman–Crippen LogP) is 3.35. The van der Waals surface area contributed by atoms with E-state index in [4.69, 9.17) is 4.42 Å². The number of nitrogens with zero attached hydrogens (tertiary/aromatic N) is 2. The third kappa shape index (κ3) is 3.96. The number of carbonyl (C=O) groups excluding carboxylic acids is 1. The SMILES string of the molecule is CC(C)(C)NC(=O)N1CCC(Nc2nc3cc(F)ccc3o2)CC1. The number of hydrogen-bond donors (Lipinski definition) is 2. The van der Waals surface area contributed by atoms with E-state index in [0.717, 1.165) is 12.8 Å². The van der Waals surface area contributed by atoms with Crippen molar-refractivity contribution in [2.45, 2.75) is 45.2 Å². The summed E-state index contributed by atoms with van der Waals surface area (Å²) in [6, 6.07) is 4.82. The summed E-state index contributed by atoms with van der Waals surface area (Å²) in [7, 11) is 0. The number of urea groups is 1. The second-order valence-electron chi connectivity index (χ2n) is 7.22. The summed E-state index contributed by atoms with van der Waals surface area (Å²) in [5.74, 6) is -0.333. The van der Waals surface area contributed by atoms with Crippen molar-refractivity contribution in [3.8, 4) is 0 Å². The van der Waals surface area contributed by atoms with Gasteiger partial charge in [-0.1, -0.05) is 0 Å². The Morgan fingerprint density at radius 2 is 2.04 bits per heavy atom. The summed E-state index contributed by atoms with van der Waals surface area (Å²) in [5.41, 5.74) is 0.819. The van der Waals surface area contributed by atoms with Crippen molar-refractivity contribution in [2.75, 3.05) is 18.4 Å². The van der Waals surface area contributed by atoms with E-state index in [-0.39, 0.29) is 23.4 Å². The normalized spacial score (nSPS) is 16.4. The summed E-state index contributed by atoms with van der Waals surface area (Å²) in [4.78, 5) is 18.2. The summed E-state index contributed by atoms with van der Waals surface area (Å²) in [6.45, 7) is 7.25. The number of hydrogen-bond acceptors (Lipinski definition) is 4. The highest BCUT2D eigenvalue weighted by molar-refractivity contribution is 5.75. The summed E-state index contributed by atoms with van der Waals surface area (Å²) in [5, 5.41) is 6.22. The molecule has 3 rings (SSSR count). The molecule has 0 saturated carbocycles. The summed E-state index contributed by atoms with van der Waals surface area (Å²) >= 11 is 0. The molecule has 0 atom stereocenters. The quantitative estimate of drug-likeness (QED) is 0.883. The first-order chi connectivity index (χ1) is 11.3. The highest BCUT2D eigenvalue weighted by atomic mass is 19.1. The molecule has 1 aliphatic rings. The highest BCUT2D eigenvalue weighted by Crippen LogP contribution is 2.22. The molecule has 1 aromatic carbocycles. The molecule has 1 aliphatic heterocycles. The van der Waals surface area contributed by atoms with Crippen LogP contribution in [-0.4, -0.2) is 40.6 Å². The number of carbonyl (C=O) groups is 1. The van der Waals surface area contributed by atoms with Crippen molar-refractivity contribution in [1.29, 1.82) is 0 Å². The molecular formula is C17H23FN4O2. The fourth-order valence-corrected chi connectivity index (χ4v) is 2.76. The van der Waals surface area contributed by atoms with E-state index in [2.05, 4.69) is 15.6 Å². The van der Waals surface area contributed by atoms with Gasteiger partial charge in [0, 0.05) is 30.7 Å². The topological polar surface area (TPSA) is 70.4 Å². The average Bonchev–Trinajstić information content (AvgIpc) is 2.87. The summed E-state index contributed by atoms with van der Waals surface area (Å²) in [6.07, 6.45) is 1.62. The Bertz CT molecular complexity index is 730. The number of rotatable bonds is 2. The minimum absolute atomic E-state index is 0.0294. The molecule has 2 heterocycles. The zero-order valence-corrected chi connectivity index (χ0v) is 14.2. The van der Waals surface area contributed by atoms with Gasteiger partial charge in [-0.2, -0.15) is 4.98 Å². The minimum Gasteiger partial charge on any atom is -0.424 e. The molecule has 2 aromatic rings. The molecule has 1 aromatic heterocycles. The lowest BCUT2D eigenvalue weighted by molar-refractivity contribution is 0.175. The lowest BCUT2D eigenvalue weighted by atomic mass is 10.1. The first kappa shape index (κ1) is 16.5. The number of aromatic nitrogens is 1. The summed E-state index contributed by atoms with van der Waals surface area (Å²) < 4.78 is 18.8. The van der Waals surface area contributed by atoms with Crippen LogP contribution in [0.5, 0.6) is 0 Å². The molecule has 0 aliphatic carbocycles. The van der Waals surface area contributed by atoms with Crippen LogP contribution in [0, 0.1) is 5.82 Å². The number of anilines is 1. The number of piperidine rings is 1. The van der Waals surface area contributed by atoms with E-state index in [1.165, 1.54) is 12.1 Å². The van der Waals surface area contributed by atoms with Crippen molar-refractivity contribution in [1.82, 2.24) is 15.2 Å². The van der Waals surface area contributed by atoms with Crippen LogP contribution < -0.4 is 10.6 Å². The lowest BCUT2D eigenvalue weighted by Crippen LogP contribution is -2.51. The number of nitrogens with one attached hydrogen (secondary N) is 2. The number of oxazole rings is 1. The van der Waals surface area contributed by atoms with Gasteiger partial charge in [0.15, 0.2) is 5.58 Å². The van der Waals surface area contributed by atoms with Gasteiger partial charge in [-0.25, -0.2) is 9.18 Å². The van der Waals surface area contributed by atoms with E-state index in [9.17, 15) is 9.18 Å². The van der Waals surface area contributed by atoms with E-state index in [0.29, 0.717) is 30.2 Å². The molecule has 0 spiro atoms. The fraction of sp³-hybridized carbons (Fsp3) is 0.529. The Morgan fingerprint density at radius 3 is 2.71 bits per heavy atom. The maximum absolute atomic E-state index is 13.2. The van der Waals surface area contributed by atoms with Crippen LogP contribution in [0.1, 0.15) is 33.6 Å². The standard InChI is InChI=1S/C17H23FN4O2/c1-17(2,3)21-16(23)22-8-6-12(7-9-22)19-15-20-13-10-11(18)4-5-14(13)24-15/h4-5,10,12H,6-9H2,1-3H3,(H,19,20)(H,21,23). The van der Waals surface area contributed by atoms with Gasteiger partial charge in [-0.05, 0) is 45.7 Å². The van der Waals surface area contributed by atoms with Gasteiger partial charge >= 0.3 is 6.03 Å². The predicted molar refractivity (Wildman–Crippen MR) is 90.5 cm³/mol. The second kappa shape index (κ2) is 6.30. The Balaban J connectivity index is 1.55. The van der Waals surface area contributed by atoms with E-state index >= 15 is 0 Å². The van der Waals surface area contributed by atoms with Gasteiger partial charge in [0.2, 0.25) is 0 Å². The monoisotopic (exact) mass is 334 g/mol. The van der Waals surface area contributed by atoms with Crippen LogP contribution in [0.2, 0.25) is 0 Å². The number of likely N-dealkylation sites (tertiary alicyclic amines) is 1. The Kier molecular flexibility index (Phi) is 4.34. The number of amides is 2. The van der Waals surface area contributed by atoms with Gasteiger partial charge in [-0.15, -0.1) is 0 Å². The van der Waals surface area contributed by atoms with Crippen LogP contribution in [-0.2, 0) is 0 Å². The van der Waals surface area contributed by atoms with E-state index in [1.807, 2.05) is 25.7 Å². The van der Waals surface area contributed by atoms with Crippen LogP contribution >= 0.6 is 0 Å². The van der Waals surface area contributed by atoms with Gasteiger partial charge < -0.3 is 20.0 Å². The lowest BCUT2D eigenvalue weighted by Gasteiger charge is -2.34. The Hall–Kier alpha value is -2.31. The van der Waals surface area contributed by atoms with Gasteiger partial charge in [0.1, 0.15) is 11.3 Å². The Labute approximate surface area is 140 Å². The van der Waals surface area contributed by atoms with Crippen molar-refractivity contribution >= 4 is 23.1 Å². The molecule has 130 valence electrons. The van der Waals surface area contributed by atoms with Gasteiger partial charge in [0.05, 0.1) is 0 Å². The van der Waals surface area contributed by atoms with Crippen LogP contribution in [0.4, 0.5) is 15.2 Å². The smallest absolute Gasteiger partial charge is 0.317 e. The highest BCUT2D eigenvalue weighted by Gasteiger charge is 2.25. The number of halogens is 1. The maximum atomic E-state index is 13.2. The number of benzene rings is 1. The van der Waals surface area contributed by atoms with E-state index < -0.39 is 0 Å². The zero-order chi connectivity index (χ0) is 17.3. The largest absolute Gasteiger partial charge is 0.424 e. The molecule has 1 saturated heterocycles. The molecule has 2 N–H and O–H groups in total. The van der Waals surface area contributed by atoms with Gasteiger partial charge in [-0.3, -0.25) is 0 Å². The Morgan fingerprint density at radius 1 is 1.33 bits per heavy atom. The van der Waals surface area contributed by atoms with Gasteiger partial charge in [0.25, 0.3) is 6.01 Å². The van der Waals surface area contributed by atoms with Crippen molar-refractivity contribution in [2.24, 2.45) is 0 Å². The van der Waals surface area contributed by atoms with Crippen molar-refractivity contribution in [3.63, 3.8) is 0 Å². The second-order valence-corrected chi connectivity index (χ2v) is 7.22. The molecule has 0 unspecified atom stereocenters. The fourth-order valence-electron chi connectivity index (χ4n) is 2.76. The van der Waals surface area contributed by atoms with E-state index in [1.54, 1.807) is 6.07 Å². The third-order valence-electron chi connectivity index (χ3n) is 3.94. The molecule has 2 amide bonds. The molecule has 1 fully saturated rings. The van der Waals surface area contributed by atoms with Crippen LogP contribution in [0.15, 0.2) is 22.6 Å². The first-order valence-electron chi connectivity index (χ1n) is 8.20. The maximum Gasteiger partial charge on any atom is 0.317 e. The zero-order valence-electron chi connectivity index (χ0n) is 14.2. The van der Waals surface area contributed by atoms with Crippen LogP contribution in [0.3, 0.4) is 0 Å². The molecule has 0 radical (unpaired) electrons. The molecule has 0 bridgehead atoms. The molecular weight excluding hydrogens is 311 g/mol. The first-order valence-corrected chi connectivity index (χ1v) is 8.20. The minimum atomic E-state index is -0.333. The molecule has 24 heavy (non-hydrogen) atoms. The van der Waals surface area contributed by atoms with Crippen LogP contribution in [0.25, 0.3) is 11.1 Å². The van der Waals surface area contributed by atoms with Crippen molar-refractivity contribution < 1.29 is 13.6 Å². The van der Waals surface area contributed by atoms with Crippen molar-refractivity contribution in [3.05, 3.63) is 24.0 Å². The number of fused-ring (bicyclic) bond motifs is 1. The molecule has 6 nitrogen and oxygen atoms in total. The third-order valence-corrected chi connectivity index (χ3v) is 3.94. The molecule has 7 heteroatoms. The average molecular weight is 334 g/mol.